The lowest BCUT2D eigenvalue weighted by atomic mass is 9.82. The number of rotatable bonds is 3. The van der Waals surface area contributed by atoms with Gasteiger partial charge in [0.05, 0.1) is 0 Å². The zero-order valence-corrected chi connectivity index (χ0v) is 17.3. The Morgan fingerprint density at radius 2 is 1.80 bits per heavy atom. The number of aliphatic hydroxyl groups excluding tert-OH is 1. The smallest absolute Gasteiger partial charge is 0.158 e. The van der Waals surface area contributed by atoms with Gasteiger partial charge >= 0.3 is 0 Å². The van der Waals surface area contributed by atoms with Crippen molar-refractivity contribution in [2.75, 3.05) is 18.0 Å². The van der Waals surface area contributed by atoms with Gasteiger partial charge in [-0.15, -0.1) is 0 Å². The summed E-state index contributed by atoms with van der Waals surface area (Å²) in [4.78, 5) is 11.0. The molecule has 0 amide bonds. The SMILES string of the molecule is C[C@@H](O)c1nccc(N2CCC3(CCc4cc(-c5ccccc5)ccc4O3)CC2)n1. The number of nitrogens with zero attached hydrogens (tertiary/aromatic N) is 3. The predicted molar refractivity (Wildman–Crippen MR) is 118 cm³/mol. The topological polar surface area (TPSA) is 58.5 Å². The monoisotopic (exact) mass is 401 g/mol. The van der Waals surface area contributed by atoms with Gasteiger partial charge in [-0.2, -0.15) is 0 Å². The Morgan fingerprint density at radius 1 is 1.00 bits per heavy atom. The predicted octanol–water partition coefficient (Wildman–Crippen LogP) is 4.56. The molecule has 3 heterocycles. The number of hydrogen-bond acceptors (Lipinski definition) is 5. The molecule has 0 bridgehead atoms. The fourth-order valence-corrected chi connectivity index (χ4v) is 4.57. The highest BCUT2D eigenvalue weighted by atomic mass is 16.5. The van der Waals surface area contributed by atoms with Crippen molar-refractivity contribution < 1.29 is 9.84 Å². The van der Waals surface area contributed by atoms with E-state index in [4.69, 9.17) is 4.74 Å². The molecule has 2 aliphatic rings. The summed E-state index contributed by atoms with van der Waals surface area (Å²) in [7, 11) is 0. The number of piperidine rings is 1. The third-order valence-electron chi connectivity index (χ3n) is 6.38. The molecule has 1 spiro atoms. The van der Waals surface area contributed by atoms with Gasteiger partial charge < -0.3 is 14.7 Å². The summed E-state index contributed by atoms with van der Waals surface area (Å²) < 4.78 is 6.60. The van der Waals surface area contributed by atoms with Crippen molar-refractivity contribution in [2.24, 2.45) is 0 Å². The molecule has 30 heavy (non-hydrogen) atoms. The minimum Gasteiger partial charge on any atom is -0.487 e. The zero-order valence-electron chi connectivity index (χ0n) is 17.3. The van der Waals surface area contributed by atoms with Crippen LogP contribution in [0, 0.1) is 0 Å². The molecule has 2 aromatic carbocycles. The Bertz CT molecular complexity index is 1030. The van der Waals surface area contributed by atoms with Crippen LogP contribution in [0.1, 0.15) is 43.7 Å². The number of aromatic nitrogens is 2. The maximum atomic E-state index is 9.77. The first-order chi connectivity index (χ1) is 14.6. The third-order valence-corrected chi connectivity index (χ3v) is 6.38. The number of aliphatic hydroxyl groups is 1. The van der Waals surface area contributed by atoms with Crippen molar-refractivity contribution in [1.82, 2.24) is 9.97 Å². The third kappa shape index (κ3) is 3.65. The second-order valence-electron chi connectivity index (χ2n) is 8.41. The van der Waals surface area contributed by atoms with Crippen molar-refractivity contribution in [3.63, 3.8) is 0 Å². The molecule has 1 N–H and O–H groups in total. The number of benzene rings is 2. The summed E-state index contributed by atoms with van der Waals surface area (Å²) in [5.74, 6) is 2.40. The van der Waals surface area contributed by atoms with E-state index in [1.54, 1.807) is 13.1 Å². The Labute approximate surface area is 177 Å². The normalized spacial score (nSPS) is 18.5. The number of aryl methyl sites for hydroxylation is 1. The molecule has 0 saturated carbocycles. The van der Waals surface area contributed by atoms with Gasteiger partial charge in [0.25, 0.3) is 0 Å². The summed E-state index contributed by atoms with van der Waals surface area (Å²) >= 11 is 0. The summed E-state index contributed by atoms with van der Waals surface area (Å²) in [6, 6.07) is 19.0. The molecule has 1 fully saturated rings. The average Bonchev–Trinajstić information content (AvgIpc) is 2.80. The van der Waals surface area contributed by atoms with E-state index >= 15 is 0 Å². The van der Waals surface area contributed by atoms with E-state index in [1.807, 2.05) is 12.1 Å². The zero-order chi connectivity index (χ0) is 20.6. The minimum atomic E-state index is -0.653. The lowest BCUT2D eigenvalue weighted by Gasteiger charge is -2.45. The van der Waals surface area contributed by atoms with E-state index in [2.05, 4.69) is 57.3 Å². The lowest BCUT2D eigenvalue weighted by Crippen LogP contribution is -2.50. The van der Waals surface area contributed by atoms with Gasteiger partial charge in [-0.05, 0) is 54.7 Å². The molecule has 1 aromatic heterocycles. The van der Waals surface area contributed by atoms with Gasteiger partial charge in [-0.25, -0.2) is 9.97 Å². The van der Waals surface area contributed by atoms with E-state index in [-0.39, 0.29) is 5.60 Å². The lowest BCUT2D eigenvalue weighted by molar-refractivity contribution is 0.0225. The number of anilines is 1. The molecule has 5 nitrogen and oxygen atoms in total. The van der Waals surface area contributed by atoms with E-state index in [0.717, 1.165) is 50.3 Å². The van der Waals surface area contributed by atoms with Gasteiger partial charge in [-0.3, -0.25) is 0 Å². The van der Waals surface area contributed by atoms with Crippen molar-refractivity contribution >= 4 is 5.82 Å². The molecule has 154 valence electrons. The quantitative estimate of drug-likeness (QED) is 0.697. The number of fused-ring (bicyclic) bond motifs is 1. The van der Waals surface area contributed by atoms with Crippen LogP contribution < -0.4 is 9.64 Å². The van der Waals surface area contributed by atoms with Gasteiger partial charge in [0.2, 0.25) is 0 Å². The molecule has 1 atom stereocenters. The number of hydrogen-bond donors (Lipinski definition) is 1. The number of ether oxygens (including phenoxy) is 1. The van der Waals surface area contributed by atoms with Crippen molar-refractivity contribution in [1.29, 1.82) is 0 Å². The summed E-state index contributed by atoms with van der Waals surface area (Å²) in [6.45, 7) is 3.49. The van der Waals surface area contributed by atoms with Crippen LogP contribution in [0.15, 0.2) is 60.8 Å². The molecule has 0 aliphatic carbocycles. The first kappa shape index (κ1) is 19.1. The van der Waals surface area contributed by atoms with Gasteiger partial charge in [0.1, 0.15) is 23.3 Å². The van der Waals surface area contributed by atoms with Crippen LogP contribution in [0.3, 0.4) is 0 Å². The fourth-order valence-electron chi connectivity index (χ4n) is 4.57. The standard InChI is InChI=1S/C25H27N3O2/c1-18(29)24-26-14-10-23(27-24)28-15-12-25(13-16-28)11-9-21-17-20(7-8-22(21)30-25)19-5-3-2-4-6-19/h2-8,10,14,17-18,29H,9,11-13,15-16H2,1H3/t18-/m1/s1. The second kappa shape index (κ2) is 7.73. The van der Waals surface area contributed by atoms with E-state index in [0.29, 0.717) is 5.82 Å². The average molecular weight is 402 g/mol. The molecule has 5 heteroatoms. The summed E-state index contributed by atoms with van der Waals surface area (Å²) in [6.07, 6.45) is 5.12. The van der Waals surface area contributed by atoms with Crippen molar-refractivity contribution in [3.05, 3.63) is 72.2 Å². The van der Waals surface area contributed by atoms with Crippen LogP contribution in [0.25, 0.3) is 11.1 Å². The molecule has 1 saturated heterocycles. The van der Waals surface area contributed by atoms with Crippen LogP contribution in [0.5, 0.6) is 5.75 Å². The molecule has 2 aliphatic heterocycles. The van der Waals surface area contributed by atoms with Crippen LogP contribution in [-0.4, -0.2) is 33.8 Å². The summed E-state index contributed by atoms with van der Waals surface area (Å²) in [5.41, 5.74) is 3.72. The Morgan fingerprint density at radius 3 is 2.57 bits per heavy atom. The maximum absolute atomic E-state index is 9.77. The van der Waals surface area contributed by atoms with Crippen LogP contribution in [-0.2, 0) is 6.42 Å². The Balaban J connectivity index is 1.29. The van der Waals surface area contributed by atoms with Crippen molar-refractivity contribution in [2.45, 2.75) is 44.3 Å². The first-order valence-electron chi connectivity index (χ1n) is 10.8. The van der Waals surface area contributed by atoms with Crippen LogP contribution in [0.2, 0.25) is 0 Å². The van der Waals surface area contributed by atoms with E-state index < -0.39 is 6.10 Å². The minimum absolute atomic E-state index is 0.0854. The van der Waals surface area contributed by atoms with Crippen molar-refractivity contribution in [3.8, 4) is 16.9 Å². The molecular formula is C25H27N3O2. The van der Waals surface area contributed by atoms with Crippen LogP contribution >= 0.6 is 0 Å². The highest BCUT2D eigenvalue weighted by Gasteiger charge is 2.39. The molecule has 0 unspecified atom stereocenters. The van der Waals surface area contributed by atoms with Gasteiger partial charge in [0, 0.05) is 32.1 Å². The molecular weight excluding hydrogens is 374 g/mol. The second-order valence-corrected chi connectivity index (χ2v) is 8.41. The molecule has 3 aromatic rings. The van der Waals surface area contributed by atoms with E-state index in [1.165, 1.54) is 16.7 Å². The van der Waals surface area contributed by atoms with Gasteiger partial charge in [0.15, 0.2) is 5.82 Å². The largest absolute Gasteiger partial charge is 0.487 e. The van der Waals surface area contributed by atoms with E-state index in [9.17, 15) is 5.11 Å². The first-order valence-corrected chi connectivity index (χ1v) is 10.8. The Hall–Kier alpha value is -2.92. The highest BCUT2D eigenvalue weighted by Crippen LogP contribution is 2.41. The Kier molecular flexibility index (Phi) is 4.91. The maximum Gasteiger partial charge on any atom is 0.158 e. The highest BCUT2D eigenvalue weighted by molar-refractivity contribution is 5.65. The fraction of sp³-hybridized carbons (Fsp3) is 0.360. The molecule has 0 radical (unpaired) electrons. The molecule has 5 rings (SSSR count). The summed E-state index contributed by atoms with van der Waals surface area (Å²) in [5, 5.41) is 9.77. The van der Waals surface area contributed by atoms with Crippen LogP contribution in [0.4, 0.5) is 5.82 Å². The van der Waals surface area contributed by atoms with Gasteiger partial charge in [-0.1, -0.05) is 36.4 Å².